The number of hydrogen-bond acceptors (Lipinski definition) is 4. The molecule has 1 atom stereocenters. The molecule has 1 unspecified atom stereocenters. The van der Waals surface area contributed by atoms with E-state index in [0.717, 1.165) is 17.7 Å². The summed E-state index contributed by atoms with van der Waals surface area (Å²) in [6.45, 7) is 3.52. The van der Waals surface area contributed by atoms with Crippen LogP contribution >= 0.6 is 0 Å². The highest BCUT2D eigenvalue weighted by Gasteiger charge is 2.25. The highest BCUT2D eigenvalue weighted by Crippen LogP contribution is 2.17. The molecule has 1 aliphatic heterocycles. The lowest BCUT2D eigenvalue weighted by atomic mass is 10.2. The molecular formula is C22H27FN4O2. The van der Waals surface area contributed by atoms with E-state index in [1.165, 1.54) is 12.1 Å². The summed E-state index contributed by atoms with van der Waals surface area (Å²) in [4.78, 5) is 28.8. The number of anilines is 1. The van der Waals surface area contributed by atoms with Crippen LogP contribution in [0.4, 0.5) is 10.1 Å². The van der Waals surface area contributed by atoms with Crippen molar-refractivity contribution in [3.63, 3.8) is 0 Å². The average molecular weight is 398 g/mol. The Balaban J connectivity index is 1.65. The Morgan fingerprint density at radius 2 is 2.00 bits per heavy atom. The van der Waals surface area contributed by atoms with Crippen molar-refractivity contribution in [1.29, 1.82) is 0 Å². The first kappa shape index (κ1) is 20.8. The highest BCUT2D eigenvalue weighted by molar-refractivity contribution is 5.86. The number of rotatable bonds is 7. The molecule has 2 aromatic rings. The molecule has 2 amide bonds. The molecule has 7 heteroatoms. The fourth-order valence-electron chi connectivity index (χ4n) is 3.42. The molecule has 154 valence electrons. The number of amides is 2. The fourth-order valence-corrected chi connectivity index (χ4v) is 3.42. The van der Waals surface area contributed by atoms with E-state index in [0.29, 0.717) is 18.7 Å². The molecule has 29 heavy (non-hydrogen) atoms. The van der Waals surface area contributed by atoms with Crippen LogP contribution in [0.1, 0.15) is 17.5 Å². The molecule has 0 aliphatic carbocycles. The Hall–Kier alpha value is -2.93. The molecule has 0 spiro atoms. The summed E-state index contributed by atoms with van der Waals surface area (Å²) in [5, 5.41) is 2.80. The van der Waals surface area contributed by atoms with E-state index >= 15 is 0 Å². The summed E-state index contributed by atoms with van der Waals surface area (Å²) in [6, 6.07) is 13.8. The molecule has 0 bridgehead atoms. The van der Waals surface area contributed by atoms with Crippen LogP contribution in [0, 0.1) is 12.7 Å². The lowest BCUT2D eigenvalue weighted by molar-refractivity contribution is -0.128. The number of halogens is 1. The van der Waals surface area contributed by atoms with E-state index in [9.17, 15) is 14.0 Å². The number of carbonyl (C=O) groups is 2. The molecule has 3 rings (SSSR count). The second-order valence-electron chi connectivity index (χ2n) is 7.49. The zero-order valence-corrected chi connectivity index (χ0v) is 16.6. The van der Waals surface area contributed by atoms with Gasteiger partial charge in [0.1, 0.15) is 5.82 Å². The van der Waals surface area contributed by atoms with Gasteiger partial charge in [-0.25, -0.2) is 4.39 Å². The number of hydrogen-bond donors (Lipinski definition) is 2. The minimum Gasteiger partial charge on any atom is -0.353 e. The zero-order valence-electron chi connectivity index (χ0n) is 16.6. The number of nitrogens with one attached hydrogen (secondary N) is 1. The minimum absolute atomic E-state index is 0.0148. The molecule has 6 nitrogen and oxygen atoms in total. The van der Waals surface area contributed by atoms with E-state index in [1.54, 1.807) is 21.9 Å². The lowest BCUT2D eigenvalue weighted by Crippen LogP contribution is -2.44. The predicted molar refractivity (Wildman–Crippen MR) is 111 cm³/mol. The SMILES string of the molecule is Cc1cccc(N(CC(=O)NCc2cccc(F)c2)CC(=O)N2CCC(N)C2)c1. The summed E-state index contributed by atoms with van der Waals surface area (Å²) >= 11 is 0. The Morgan fingerprint density at radius 3 is 2.69 bits per heavy atom. The Kier molecular flexibility index (Phi) is 6.82. The van der Waals surface area contributed by atoms with Crippen LogP contribution in [0.3, 0.4) is 0 Å². The van der Waals surface area contributed by atoms with E-state index < -0.39 is 0 Å². The van der Waals surface area contributed by atoms with Crippen molar-refractivity contribution in [2.45, 2.75) is 25.9 Å². The Bertz CT molecular complexity index is 873. The average Bonchev–Trinajstić information content (AvgIpc) is 3.12. The van der Waals surface area contributed by atoms with Gasteiger partial charge in [-0.1, -0.05) is 24.3 Å². The van der Waals surface area contributed by atoms with Crippen LogP contribution < -0.4 is 16.0 Å². The third-order valence-electron chi connectivity index (χ3n) is 4.98. The van der Waals surface area contributed by atoms with Crippen molar-refractivity contribution in [2.24, 2.45) is 5.73 Å². The molecule has 0 aromatic heterocycles. The smallest absolute Gasteiger partial charge is 0.242 e. The second-order valence-corrected chi connectivity index (χ2v) is 7.49. The van der Waals surface area contributed by atoms with E-state index in [-0.39, 0.29) is 43.3 Å². The number of likely N-dealkylation sites (tertiary alicyclic amines) is 1. The van der Waals surface area contributed by atoms with Crippen molar-refractivity contribution in [3.8, 4) is 0 Å². The molecular weight excluding hydrogens is 371 g/mol. The van der Waals surface area contributed by atoms with Crippen molar-refractivity contribution in [2.75, 3.05) is 31.1 Å². The van der Waals surface area contributed by atoms with Crippen molar-refractivity contribution in [1.82, 2.24) is 10.2 Å². The maximum atomic E-state index is 13.3. The van der Waals surface area contributed by atoms with Crippen LogP contribution in [-0.4, -0.2) is 48.9 Å². The summed E-state index contributed by atoms with van der Waals surface area (Å²) in [7, 11) is 0. The third-order valence-corrected chi connectivity index (χ3v) is 4.98. The molecule has 1 saturated heterocycles. The van der Waals surface area contributed by atoms with Crippen LogP contribution in [0.15, 0.2) is 48.5 Å². The quantitative estimate of drug-likeness (QED) is 0.746. The summed E-state index contributed by atoms with van der Waals surface area (Å²) < 4.78 is 13.3. The Labute approximate surface area is 170 Å². The highest BCUT2D eigenvalue weighted by atomic mass is 19.1. The molecule has 1 fully saturated rings. The summed E-state index contributed by atoms with van der Waals surface area (Å²) in [6.07, 6.45) is 0.796. The first-order valence-corrected chi connectivity index (χ1v) is 9.77. The monoisotopic (exact) mass is 398 g/mol. The van der Waals surface area contributed by atoms with Gasteiger partial charge in [-0.3, -0.25) is 9.59 Å². The van der Waals surface area contributed by atoms with Crippen molar-refractivity contribution < 1.29 is 14.0 Å². The molecule has 2 aromatic carbocycles. The standard InChI is InChI=1S/C22H27FN4O2/c1-16-4-2-7-20(10-16)27(15-22(29)26-9-8-19(24)13-26)14-21(28)25-12-17-5-3-6-18(23)11-17/h2-7,10-11,19H,8-9,12-15,24H2,1H3,(H,25,28). The zero-order chi connectivity index (χ0) is 20.8. The molecule has 1 aliphatic rings. The van der Waals surface area contributed by atoms with E-state index in [4.69, 9.17) is 5.73 Å². The lowest BCUT2D eigenvalue weighted by Gasteiger charge is -2.26. The van der Waals surface area contributed by atoms with Gasteiger partial charge in [0.15, 0.2) is 0 Å². The topological polar surface area (TPSA) is 78.7 Å². The van der Waals surface area contributed by atoms with Gasteiger partial charge in [-0.2, -0.15) is 0 Å². The van der Waals surface area contributed by atoms with Gasteiger partial charge in [0, 0.05) is 31.4 Å². The molecule has 1 heterocycles. The third kappa shape index (κ3) is 6.02. The molecule has 0 radical (unpaired) electrons. The number of benzene rings is 2. The summed E-state index contributed by atoms with van der Waals surface area (Å²) in [5.41, 5.74) is 8.45. The number of carbonyl (C=O) groups excluding carboxylic acids is 2. The first-order chi connectivity index (χ1) is 13.9. The van der Waals surface area contributed by atoms with Gasteiger partial charge in [0.05, 0.1) is 13.1 Å². The van der Waals surface area contributed by atoms with E-state index in [1.807, 2.05) is 31.2 Å². The fraction of sp³-hybridized carbons (Fsp3) is 0.364. The van der Waals surface area contributed by atoms with Gasteiger partial charge < -0.3 is 20.9 Å². The number of aryl methyl sites for hydroxylation is 1. The van der Waals surface area contributed by atoms with Crippen LogP contribution in [0.25, 0.3) is 0 Å². The van der Waals surface area contributed by atoms with Crippen LogP contribution in [-0.2, 0) is 16.1 Å². The van der Waals surface area contributed by atoms with Gasteiger partial charge in [-0.15, -0.1) is 0 Å². The van der Waals surface area contributed by atoms with Crippen molar-refractivity contribution in [3.05, 3.63) is 65.5 Å². The van der Waals surface area contributed by atoms with Crippen LogP contribution in [0.2, 0.25) is 0 Å². The van der Waals surface area contributed by atoms with Gasteiger partial charge >= 0.3 is 0 Å². The van der Waals surface area contributed by atoms with Crippen molar-refractivity contribution >= 4 is 17.5 Å². The maximum Gasteiger partial charge on any atom is 0.242 e. The minimum atomic E-state index is -0.340. The molecule has 0 saturated carbocycles. The first-order valence-electron chi connectivity index (χ1n) is 9.77. The maximum absolute atomic E-state index is 13.3. The van der Waals surface area contributed by atoms with Crippen LogP contribution in [0.5, 0.6) is 0 Å². The predicted octanol–water partition coefficient (Wildman–Crippen LogP) is 1.82. The summed E-state index contributed by atoms with van der Waals surface area (Å²) in [5.74, 6) is -0.619. The van der Waals surface area contributed by atoms with Gasteiger partial charge in [-0.05, 0) is 48.7 Å². The second kappa shape index (κ2) is 9.52. The van der Waals surface area contributed by atoms with Gasteiger partial charge in [0.2, 0.25) is 11.8 Å². The molecule has 3 N–H and O–H groups in total. The number of nitrogens with two attached hydrogens (primary N) is 1. The number of nitrogens with zero attached hydrogens (tertiary/aromatic N) is 2. The normalized spacial score (nSPS) is 16.0. The van der Waals surface area contributed by atoms with E-state index in [2.05, 4.69) is 5.32 Å². The Morgan fingerprint density at radius 1 is 1.21 bits per heavy atom. The largest absolute Gasteiger partial charge is 0.353 e. The van der Waals surface area contributed by atoms with Gasteiger partial charge in [0.25, 0.3) is 0 Å².